The molecule has 1 rings (SSSR count). The van der Waals surface area contributed by atoms with Gasteiger partial charge >= 0.3 is 0 Å². The Balaban J connectivity index is 2.27. The van der Waals surface area contributed by atoms with Gasteiger partial charge in [0.05, 0.1) is 5.75 Å². The minimum Gasteiger partial charge on any atom is -0.340 e. The van der Waals surface area contributed by atoms with Crippen molar-refractivity contribution in [3.05, 3.63) is 11.7 Å². The van der Waals surface area contributed by atoms with Crippen molar-refractivity contribution in [2.45, 2.75) is 33.2 Å². The van der Waals surface area contributed by atoms with Crippen LogP contribution in [0, 0.1) is 6.92 Å². The number of sulfone groups is 1. The number of hydrogen-bond donors (Lipinski definition) is 1. The van der Waals surface area contributed by atoms with E-state index in [-0.39, 0.29) is 17.5 Å². The normalized spacial score (nSPS) is 13.8. The fourth-order valence-electron chi connectivity index (χ4n) is 1.43. The zero-order valence-electron chi connectivity index (χ0n) is 10.4. The molecule has 0 spiro atoms. The van der Waals surface area contributed by atoms with Crippen LogP contribution >= 0.6 is 0 Å². The summed E-state index contributed by atoms with van der Waals surface area (Å²) in [5, 5.41) is 6.89. The average molecular weight is 261 g/mol. The van der Waals surface area contributed by atoms with Crippen LogP contribution in [-0.2, 0) is 16.3 Å². The molecule has 1 aromatic rings. The molecule has 1 N–H and O–H groups in total. The summed E-state index contributed by atoms with van der Waals surface area (Å²) in [5.74, 6) is 1.53. The van der Waals surface area contributed by atoms with E-state index in [0.717, 1.165) is 0 Å². The maximum Gasteiger partial charge on any atom is 0.223 e. The van der Waals surface area contributed by atoms with Crippen LogP contribution in [0.15, 0.2) is 4.52 Å². The number of hydrogen-bond acceptors (Lipinski definition) is 6. The van der Waals surface area contributed by atoms with E-state index in [4.69, 9.17) is 4.52 Å². The van der Waals surface area contributed by atoms with E-state index < -0.39 is 9.84 Å². The molecule has 0 aromatic carbocycles. The average Bonchev–Trinajstić information content (AvgIpc) is 2.63. The minimum absolute atomic E-state index is 0.0621. The quantitative estimate of drug-likeness (QED) is 0.761. The molecule has 1 aromatic heterocycles. The second kappa shape index (κ2) is 6.11. The summed E-state index contributed by atoms with van der Waals surface area (Å²) in [5.41, 5.74) is 0. The van der Waals surface area contributed by atoms with Crippen molar-refractivity contribution in [2.75, 3.05) is 18.1 Å². The van der Waals surface area contributed by atoms with Crippen molar-refractivity contribution in [3.8, 4) is 0 Å². The lowest BCUT2D eigenvalue weighted by molar-refractivity contribution is 0.386. The fourth-order valence-corrected chi connectivity index (χ4v) is 2.55. The van der Waals surface area contributed by atoms with Crippen LogP contribution in [0.1, 0.15) is 25.6 Å². The fraction of sp³-hybridized carbons (Fsp3) is 0.800. The molecule has 0 saturated heterocycles. The highest BCUT2D eigenvalue weighted by Gasteiger charge is 2.13. The highest BCUT2D eigenvalue weighted by atomic mass is 32.2. The van der Waals surface area contributed by atoms with Crippen LogP contribution in [-0.4, -0.2) is 42.7 Å². The highest BCUT2D eigenvalue weighted by Crippen LogP contribution is 1.97. The molecule has 1 unspecified atom stereocenters. The van der Waals surface area contributed by atoms with Gasteiger partial charge in [-0.25, -0.2) is 8.42 Å². The third-order valence-corrected chi connectivity index (χ3v) is 4.24. The first-order valence-electron chi connectivity index (χ1n) is 5.66. The molecule has 0 amide bonds. The van der Waals surface area contributed by atoms with Crippen LogP contribution in [0.2, 0.25) is 0 Å². The van der Waals surface area contributed by atoms with Crippen molar-refractivity contribution in [1.29, 1.82) is 0 Å². The molecule has 0 bridgehead atoms. The van der Waals surface area contributed by atoms with Crippen molar-refractivity contribution in [2.24, 2.45) is 0 Å². The Hall–Kier alpha value is -0.950. The predicted octanol–water partition coefficient (Wildman–Crippen LogP) is 0.333. The lowest BCUT2D eigenvalue weighted by atomic mass is 10.3. The zero-order chi connectivity index (χ0) is 12.9. The predicted molar refractivity (Wildman–Crippen MR) is 64.5 cm³/mol. The second-order valence-electron chi connectivity index (χ2n) is 4.03. The molecule has 7 heteroatoms. The van der Waals surface area contributed by atoms with Gasteiger partial charge in [-0.2, -0.15) is 4.98 Å². The Morgan fingerprint density at radius 2 is 2.18 bits per heavy atom. The summed E-state index contributed by atoms with van der Waals surface area (Å²) in [6.45, 7) is 5.89. The van der Waals surface area contributed by atoms with E-state index in [9.17, 15) is 8.42 Å². The molecule has 1 heterocycles. The molecule has 17 heavy (non-hydrogen) atoms. The maximum absolute atomic E-state index is 11.4. The number of nitrogens with one attached hydrogen (secondary N) is 1. The monoisotopic (exact) mass is 261 g/mol. The molecular weight excluding hydrogens is 242 g/mol. The van der Waals surface area contributed by atoms with Gasteiger partial charge < -0.3 is 9.84 Å². The Kier molecular flexibility index (Phi) is 5.07. The van der Waals surface area contributed by atoms with Crippen LogP contribution in [0.25, 0.3) is 0 Å². The SMILES string of the molecule is CCS(=O)(=O)CC(C)NCCc1noc(C)n1. The van der Waals surface area contributed by atoms with Gasteiger partial charge in [0, 0.05) is 31.7 Å². The molecule has 0 aliphatic carbocycles. The van der Waals surface area contributed by atoms with Crippen LogP contribution in [0.4, 0.5) is 0 Å². The summed E-state index contributed by atoms with van der Waals surface area (Å²) >= 11 is 0. The number of aromatic nitrogens is 2. The van der Waals surface area contributed by atoms with Gasteiger partial charge in [-0.15, -0.1) is 0 Å². The first-order valence-corrected chi connectivity index (χ1v) is 7.48. The first kappa shape index (κ1) is 14.1. The van der Waals surface area contributed by atoms with Crippen molar-refractivity contribution in [3.63, 3.8) is 0 Å². The van der Waals surface area contributed by atoms with Gasteiger partial charge in [-0.05, 0) is 6.92 Å². The summed E-state index contributed by atoms with van der Waals surface area (Å²) in [4.78, 5) is 4.06. The van der Waals surface area contributed by atoms with E-state index in [2.05, 4.69) is 15.5 Å². The Morgan fingerprint density at radius 3 is 2.71 bits per heavy atom. The van der Waals surface area contributed by atoms with Gasteiger partial charge in [-0.3, -0.25) is 0 Å². The molecule has 0 saturated carbocycles. The van der Waals surface area contributed by atoms with Gasteiger partial charge in [0.15, 0.2) is 15.7 Å². The van der Waals surface area contributed by atoms with Crippen molar-refractivity contribution < 1.29 is 12.9 Å². The largest absolute Gasteiger partial charge is 0.340 e. The zero-order valence-corrected chi connectivity index (χ0v) is 11.2. The van der Waals surface area contributed by atoms with E-state index >= 15 is 0 Å². The van der Waals surface area contributed by atoms with E-state index in [1.807, 2.05) is 6.92 Å². The third-order valence-electron chi connectivity index (χ3n) is 2.35. The lowest BCUT2D eigenvalue weighted by Gasteiger charge is -2.12. The number of nitrogens with zero attached hydrogens (tertiary/aromatic N) is 2. The Bertz CT molecular complexity index is 441. The topological polar surface area (TPSA) is 85.1 Å². The van der Waals surface area contributed by atoms with Gasteiger partial charge in [0.2, 0.25) is 5.89 Å². The van der Waals surface area contributed by atoms with Crippen LogP contribution < -0.4 is 5.32 Å². The van der Waals surface area contributed by atoms with E-state index in [1.54, 1.807) is 13.8 Å². The molecular formula is C10H19N3O3S. The Labute approximate surface area is 102 Å². The molecule has 6 nitrogen and oxygen atoms in total. The van der Waals surface area contributed by atoms with Crippen LogP contribution in [0.5, 0.6) is 0 Å². The number of aryl methyl sites for hydroxylation is 1. The van der Waals surface area contributed by atoms with Gasteiger partial charge in [-0.1, -0.05) is 12.1 Å². The number of rotatable bonds is 7. The smallest absolute Gasteiger partial charge is 0.223 e. The molecule has 0 aliphatic rings. The maximum atomic E-state index is 11.4. The van der Waals surface area contributed by atoms with Crippen LogP contribution in [0.3, 0.4) is 0 Å². The van der Waals surface area contributed by atoms with Crippen molar-refractivity contribution >= 4 is 9.84 Å². The summed E-state index contributed by atoms with van der Waals surface area (Å²) in [6.07, 6.45) is 0.633. The van der Waals surface area contributed by atoms with Gasteiger partial charge in [0.1, 0.15) is 0 Å². The third kappa shape index (κ3) is 5.27. The molecule has 0 fully saturated rings. The minimum atomic E-state index is -2.92. The van der Waals surface area contributed by atoms with E-state index in [1.165, 1.54) is 0 Å². The molecule has 0 radical (unpaired) electrons. The lowest BCUT2D eigenvalue weighted by Crippen LogP contribution is -2.35. The summed E-state index contributed by atoms with van der Waals surface area (Å²) < 4.78 is 27.6. The molecule has 1 atom stereocenters. The molecule has 98 valence electrons. The van der Waals surface area contributed by atoms with E-state index in [0.29, 0.717) is 24.7 Å². The summed E-state index contributed by atoms with van der Waals surface area (Å²) in [7, 11) is -2.92. The van der Waals surface area contributed by atoms with Gasteiger partial charge in [0.25, 0.3) is 0 Å². The van der Waals surface area contributed by atoms with Crippen molar-refractivity contribution in [1.82, 2.24) is 15.5 Å². The molecule has 0 aliphatic heterocycles. The highest BCUT2D eigenvalue weighted by molar-refractivity contribution is 7.91. The standard InChI is InChI=1S/C10H19N3O3S/c1-4-17(14,15)7-8(2)11-6-5-10-12-9(3)16-13-10/h8,11H,4-7H2,1-3H3. The summed E-state index contributed by atoms with van der Waals surface area (Å²) in [6, 6.07) is -0.0621. The first-order chi connectivity index (χ1) is 7.93. The second-order valence-corrected chi connectivity index (χ2v) is 6.43. The Morgan fingerprint density at radius 1 is 1.47 bits per heavy atom.